The standard InChI is InChI=1S/C17H24F2N2O2/c1-17(2,3)23-16(22)20-13-5-4-8-21(11-13)10-12-6-7-14(18)15(19)9-12/h6-7,9,13H,4-5,8,10-11H2,1-3H3,(H,20,22). The first-order valence-corrected chi connectivity index (χ1v) is 7.89. The molecule has 1 saturated heterocycles. The molecule has 1 fully saturated rings. The molecule has 1 aromatic rings. The highest BCUT2D eigenvalue weighted by molar-refractivity contribution is 5.68. The van der Waals surface area contributed by atoms with Crippen molar-refractivity contribution in [3.8, 4) is 0 Å². The van der Waals surface area contributed by atoms with Gasteiger partial charge < -0.3 is 10.1 Å². The van der Waals surface area contributed by atoms with Crippen LogP contribution in [0.25, 0.3) is 0 Å². The SMILES string of the molecule is CC(C)(C)OC(=O)NC1CCCN(Cc2ccc(F)c(F)c2)C1. The zero-order valence-electron chi connectivity index (χ0n) is 13.9. The Labute approximate surface area is 135 Å². The van der Waals surface area contributed by atoms with Gasteiger partial charge in [0.05, 0.1) is 0 Å². The number of carbonyl (C=O) groups is 1. The number of rotatable bonds is 3. The molecular formula is C17H24F2N2O2. The molecule has 4 nitrogen and oxygen atoms in total. The summed E-state index contributed by atoms with van der Waals surface area (Å²) >= 11 is 0. The highest BCUT2D eigenvalue weighted by atomic mass is 19.2. The summed E-state index contributed by atoms with van der Waals surface area (Å²) in [6.45, 7) is 7.53. The summed E-state index contributed by atoms with van der Waals surface area (Å²) in [5.74, 6) is -1.67. The summed E-state index contributed by atoms with van der Waals surface area (Å²) in [6, 6.07) is 3.96. The monoisotopic (exact) mass is 326 g/mol. The molecule has 1 N–H and O–H groups in total. The van der Waals surface area contributed by atoms with Crippen molar-refractivity contribution in [2.75, 3.05) is 13.1 Å². The van der Waals surface area contributed by atoms with Gasteiger partial charge in [0.1, 0.15) is 5.60 Å². The normalized spacial score (nSPS) is 19.4. The zero-order valence-corrected chi connectivity index (χ0v) is 13.9. The van der Waals surface area contributed by atoms with Crippen molar-refractivity contribution in [3.05, 3.63) is 35.4 Å². The van der Waals surface area contributed by atoms with Crippen molar-refractivity contribution in [3.63, 3.8) is 0 Å². The number of likely N-dealkylation sites (tertiary alicyclic amines) is 1. The van der Waals surface area contributed by atoms with Gasteiger partial charge in [-0.1, -0.05) is 6.07 Å². The molecule has 128 valence electrons. The van der Waals surface area contributed by atoms with Crippen LogP contribution < -0.4 is 5.32 Å². The summed E-state index contributed by atoms with van der Waals surface area (Å²) in [5.41, 5.74) is 0.200. The van der Waals surface area contributed by atoms with Crippen LogP contribution >= 0.6 is 0 Å². The van der Waals surface area contributed by atoms with Gasteiger partial charge in [0, 0.05) is 19.1 Å². The minimum absolute atomic E-state index is 0.00361. The largest absolute Gasteiger partial charge is 0.444 e. The summed E-state index contributed by atoms with van der Waals surface area (Å²) < 4.78 is 31.5. The lowest BCUT2D eigenvalue weighted by Gasteiger charge is -2.33. The van der Waals surface area contributed by atoms with E-state index >= 15 is 0 Å². The van der Waals surface area contributed by atoms with E-state index in [9.17, 15) is 13.6 Å². The van der Waals surface area contributed by atoms with Crippen molar-refractivity contribution in [1.82, 2.24) is 10.2 Å². The number of ether oxygens (including phenoxy) is 1. The molecule has 2 rings (SSSR count). The number of nitrogens with one attached hydrogen (secondary N) is 1. The fourth-order valence-corrected chi connectivity index (χ4v) is 2.69. The molecule has 0 saturated carbocycles. The Bertz CT molecular complexity index is 558. The van der Waals surface area contributed by atoms with E-state index in [1.807, 2.05) is 20.8 Å². The molecule has 1 atom stereocenters. The Morgan fingerprint density at radius 1 is 1.35 bits per heavy atom. The molecule has 0 aromatic heterocycles. The number of hydrogen-bond acceptors (Lipinski definition) is 3. The molecule has 0 aliphatic carbocycles. The van der Waals surface area contributed by atoms with Crippen LogP contribution in [0.4, 0.5) is 13.6 Å². The first kappa shape index (κ1) is 17.7. The third-order valence-corrected chi connectivity index (χ3v) is 3.62. The molecule has 1 unspecified atom stereocenters. The fourth-order valence-electron chi connectivity index (χ4n) is 2.69. The van der Waals surface area contributed by atoms with Crippen LogP contribution in [0.5, 0.6) is 0 Å². The number of benzene rings is 1. The van der Waals surface area contributed by atoms with Gasteiger partial charge in [-0.05, 0) is 57.9 Å². The van der Waals surface area contributed by atoms with Crippen LogP contribution in [0.1, 0.15) is 39.2 Å². The predicted octanol–water partition coefficient (Wildman–Crippen LogP) is 3.45. The molecule has 6 heteroatoms. The number of carbonyl (C=O) groups excluding carboxylic acids is 1. The quantitative estimate of drug-likeness (QED) is 0.925. The third kappa shape index (κ3) is 5.78. The first-order valence-electron chi connectivity index (χ1n) is 7.89. The summed E-state index contributed by atoms with van der Waals surface area (Å²) in [6.07, 6.45) is 1.40. The maximum atomic E-state index is 13.3. The average Bonchev–Trinajstić information content (AvgIpc) is 2.41. The van der Waals surface area contributed by atoms with Gasteiger partial charge in [-0.3, -0.25) is 4.90 Å². The Morgan fingerprint density at radius 3 is 2.74 bits per heavy atom. The van der Waals surface area contributed by atoms with Gasteiger partial charge >= 0.3 is 6.09 Å². The van der Waals surface area contributed by atoms with Crippen LogP contribution in [0.15, 0.2) is 18.2 Å². The van der Waals surface area contributed by atoms with Crippen molar-refractivity contribution in [2.24, 2.45) is 0 Å². The summed E-state index contributed by atoms with van der Waals surface area (Å²) in [7, 11) is 0. The van der Waals surface area contributed by atoms with E-state index in [0.717, 1.165) is 31.0 Å². The smallest absolute Gasteiger partial charge is 0.407 e. The minimum atomic E-state index is -0.836. The summed E-state index contributed by atoms with van der Waals surface area (Å²) in [5, 5.41) is 2.87. The molecule has 0 bridgehead atoms. The molecule has 1 aliphatic heterocycles. The van der Waals surface area contributed by atoms with E-state index in [1.54, 1.807) is 6.07 Å². The molecular weight excluding hydrogens is 302 g/mol. The second-order valence-corrected chi connectivity index (χ2v) is 6.97. The molecule has 1 aliphatic rings. The van der Waals surface area contributed by atoms with Gasteiger partial charge in [0.25, 0.3) is 0 Å². The second kappa shape index (κ2) is 7.25. The highest BCUT2D eigenvalue weighted by Gasteiger charge is 2.24. The third-order valence-electron chi connectivity index (χ3n) is 3.62. The van der Waals surface area contributed by atoms with E-state index in [-0.39, 0.29) is 6.04 Å². The van der Waals surface area contributed by atoms with Crippen LogP contribution in [-0.2, 0) is 11.3 Å². The Hall–Kier alpha value is -1.69. The van der Waals surface area contributed by atoms with Gasteiger partial charge in [-0.2, -0.15) is 0 Å². The van der Waals surface area contributed by atoms with Crippen molar-refractivity contribution >= 4 is 6.09 Å². The number of nitrogens with zero attached hydrogens (tertiary/aromatic N) is 1. The Balaban J connectivity index is 1.88. The maximum absolute atomic E-state index is 13.3. The molecule has 1 amide bonds. The van der Waals surface area contributed by atoms with Gasteiger partial charge in [0.2, 0.25) is 0 Å². The topological polar surface area (TPSA) is 41.6 Å². The second-order valence-electron chi connectivity index (χ2n) is 6.97. The van der Waals surface area contributed by atoms with Crippen LogP contribution in [-0.4, -0.2) is 35.7 Å². The predicted molar refractivity (Wildman–Crippen MR) is 84.0 cm³/mol. The minimum Gasteiger partial charge on any atom is -0.444 e. The lowest BCUT2D eigenvalue weighted by atomic mass is 10.0. The Morgan fingerprint density at radius 2 is 2.09 bits per heavy atom. The number of piperidine rings is 1. The summed E-state index contributed by atoms with van der Waals surface area (Å²) in [4.78, 5) is 14.0. The van der Waals surface area contributed by atoms with Gasteiger partial charge in [-0.25, -0.2) is 13.6 Å². The van der Waals surface area contributed by atoms with Crippen molar-refractivity contribution < 1.29 is 18.3 Å². The van der Waals surface area contributed by atoms with Gasteiger partial charge in [0.15, 0.2) is 11.6 Å². The van der Waals surface area contributed by atoms with Crippen LogP contribution in [0, 0.1) is 11.6 Å². The number of amides is 1. The van der Waals surface area contributed by atoms with Gasteiger partial charge in [-0.15, -0.1) is 0 Å². The Kier molecular flexibility index (Phi) is 5.57. The van der Waals surface area contributed by atoms with E-state index in [2.05, 4.69) is 10.2 Å². The molecule has 0 radical (unpaired) electrons. The van der Waals surface area contributed by atoms with Crippen LogP contribution in [0.2, 0.25) is 0 Å². The number of alkyl carbamates (subject to hydrolysis) is 1. The molecule has 1 aromatic carbocycles. The molecule has 1 heterocycles. The van der Waals surface area contributed by atoms with E-state index in [0.29, 0.717) is 13.1 Å². The molecule has 23 heavy (non-hydrogen) atoms. The highest BCUT2D eigenvalue weighted by Crippen LogP contribution is 2.16. The number of halogens is 2. The maximum Gasteiger partial charge on any atom is 0.407 e. The van der Waals surface area contributed by atoms with E-state index in [4.69, 9.17) is 4.74 Å². The lowest BCUT2D eigenvalue weighted by molar-refractivity contribution is 0.0470. The number of hydrogen-bond donors (Lipinski definition) is 1. The zero-order chi connectivity index (χ0) is 17.0. The fraction of sp³-hybridized carbons (Fsp3) is 0.588. The first-order chi connectivity index (χ1) is 10.7. The van der Waals surface area contributed by atoms with E-state index in [1.165, 1.54) is 6.07 Å². The van der Waals surface area contributed by atoms with Crippen molar-refractivity contribution in [1.29, 1.82) is 0 Å². The average molecular weight is 326 g/mol. The van der Waals surface area contributed by atoms with E-state index < -0.39 is 23.3 Å². The van der Waals surface area contributed by atoms with Crippen molar-refractivity contribution in [2.45, 2.75) is 51.8 Å². The van der Waals surface area contributed by atoms with Crippen LogP contribution in [0.3, 0.4) is 0 Å². The lowest BCUT2D eigenvalue weighted by Crippen LogP contribution is -2.48. The molecule has 0 spiro atoms.